The summed E-state index contributed by atoms with van der Waals surface area (Å²) in [7, 11) is 0. The zero-order valence-corrected chi connectivity index (χ0v) is 18.9. The molecule has 30 heavy (non-hydrogen) atoms. The first-order valence-electron chi connectivity index (χ1n) is 10.5. The van der Waals surface area contributed by atoms with Crippen molar-refractivity contribution in [1.82, 2.24) is 19.8 Å². The normalized spacial score (nSPS) is 16.1. The third-order valence-electron chi connectivity index (χ3n) is 5.78. The van der Waals surface area contributed by atoms with Crippen molar-refractivity contribution < 1.29 is 8.78 Å². The van der Waals surface area contributed by atoms with E-state index in [1.54, 1.807) is 12.1 Å². The zero-order chi connectivity index (χ0) is 22.1. The lowest BCUT2D eigenvalue weighted by atomic mass is 10.0. The smallest absolute Gasteiger partial charge is 0.272 e. The van der Waals surface area contributed by atoms with E-state index in [1.165, 1.54) is 23.7 Å². The minimum Gasteiger partial charge on any atom is -0.373 e. The van der Waals surface area contributed by atoms with Crippen LogP contribution >= 0.6 is 0 Å². The van der Waals surface area contributed by atoms with E-state index >= 15 is 0 Å². The molecule has 2 heterocycles. The number of nitrogens with zero attached hydrogens (tertiary/aromatic N) is 4. The summed E-state index contributed by atoms with van der Waals surface area (Å²) in [4.78, 5) is 13.4. The van der Waals surface area contributed by atoms with E-state index in [0.29, 0.717) is 16.7 Å². The molecule has 5 nitrogen and oxygen atoms in total. The average Bonchev–Trinajstić information content (AvgIpc) is 2.66. The molecule has 0 aliphatic carbocycles. The van der Waals surface area contributed by atoms with Crippen molar-refractivity contribution >= 4 is 16.7 Å². The van der Waals surface area contributed by atoms with Gasteiger partial charge in [-0.3, -0.25) is 4.90 Å². The Morgan fingerprint density at radius 3 is 2.30 bits per heavy atom. The Bertz CT molecular complexity index is 921. The second-order valence-corrected chi connectivity index (χ2v) is 9.17. The molecular weight excluding hydrogens is 384 g/mol. The van der Waals surface area contributed by atoms with Gasteiger partial charge in [-0.1, -0.05) is 17.7 Å². The first kappa shape index (κ1) is 22.4. The van der Waals surface area contributed by atoms with Crippen molar-refractivity contribution in [3.63, 3.8) is 0 Å². The Hall–Kier alpha value is -2.28. The molecule has 1 N–H and O–H groups in total. The van der Waals surface area contributed by atoms with Crippen LogP contribution in [-0.2, 0) is 5.92 Å². The van der Waals surface area contributed by atoms with Crippen LogP contribution in [0, 0.1) is 0 Å². The number of allylic oxidation sites excluding steroid dienone is 2. The molecule has 1 aromatic carbocycles. The summed E-state index contributed by atoms with van der Waals surface area (Å²) in [6.07, 6.45) is 1.36. The van der Waals surface area contributed by atoms with Crippen molar-refractivity contribution in [1.29, 1.82) is 0 Å². The van der Waals surface area contributed by atoms with E-state index in [2.05, 4.69) is 59.7 Å². The summed E-state index contributed by atoms with van der Waals surface area (Å²) >= 11 is 0. The molecule has 0 saturated carbocycles. The number of nitrogens with one attached hydrogen (secondary N) is 1. The SMILES string of the molecule is CC(C)=C(C)N1CCN(CC(C)(C)Nc2ncnc3c(C(C)(F)F)cccc23)CC1. The molecular formula is C23H33F2N5. The highest BCUT2D eigenvalue weighted by Gasteiger charge is 2.29. The second-order valence-electron chi connectivity index (χ2n) is 9.17. The highest BCUT2D eigenvalue weighted by Crippen LogP contribution is 2.34. The summed E-state index contributed by atoms with van der Waals surface area (Å²) < 4.78 is 28.0. The number of rotatable bonds is 6. The number of aromatic nitrogens is 2. The number of hydrogen-bond donors (Lipinski definition) is 1. The van der Waals surface area contributed by atoms with Crippen molar-refractivity contribution in [2.75, 3.05) is 38.0 Å². The Morgan fingerprint density at radius 2 is 1.70 bits per heavy atom. The molecule has 1 aromatic heterocycles. The highest BCUT2D eigenvalue weighted by atomic mass is 19.3. The predicted octanol–water partition coefficient (Wildman–Crippen LogP) is 4.86. The van der Waals surface area contributed by atoms with Gasteiger partial charge in [0.1, 0.15) is 12.1 Å². The van der Waals surface area contributed by atoms with Crippen LogP contribution in [0.25, 0.3) is 10.9 Å². The third kappa shape index (κ3) is 5.06. The number of hydrogen-bond acceptors (Lipinski definition) is 5. The van der Waals surface area contributed by atoms with Crippen LogP contribution in [0.5, 0.6) is 0 Å². The van der Waals surface area contributed by atoms with Gasteiger partial charge in [0.25, 0.3) is 5.92 Å². The Kier molecular flexibility index (Phi) is 6.32. The lowest BCUT2D eigenvalue weighted by molar-refractivity contribution is 0.0189. The van der Waals surface area contributed by atoms with Gasteiger partial charge in [-0.15, -0.1) is 0 Å². The fourth-order valence-corrected chi connectivity index (χ4v) is 4.02. The van der Waals surface area contributed by atoms with Crippen LogP contribution in [0.2, 0.25) is 0 Å². The topological polar surface area (TPSA) is 44.3 Å². The standard InChI is InChI=1S/C23H33F2N5/c1-16(2)17(3)30-12-10-29(11-13-30)14-22(4,5)28-21-18-8-7-9-19(23(6,24)25)20(18)26-15-27-21/h7-9,15H,10-14H2,1-6H3,(H,26,27,28). The van der Waals surface area contributed by atoms with Crippen LogP contribution in [-0.4, -0.2) is 58.0 Å². The van der Waals surface area contributed by atoms with Gasteiger partial charge in [-0.25, -0.2) is 18.7 Å². The molecule has 0 bridgehead atoms. The molecule has 1 saturated heterocycles. The average molecular weight is 418 g/mol. The Labute approximate surface area is 178 Å². The minimum atomic E-state index is -2.95. The molecule has 0 radical (unpaired) electrons. The number of anilines is 1. The first-order chi connectivity index (χ1) is 14.0. The van der Waals surface area contributed by atoms with E-state index in [0.717, 1.165) is 39.6 Å². The lowest BCUT2D eigenvalue weighted by Crippen LogP contribution is -2.52. The van der Waals surface area contributed by atoms with Crippen LogP contribution in [0.15, 0.2) is 35.8 Å². The largest absolute Gasteiger partial charge is 0.373 e. The number of alkyl halides is 2. The zero-order valence-electron chi connectivity index (χ0n) is 18.9. The van der Waals surface area contributed by atoms with Crippen molar-refractivity contribution in [3.8, 4) is 0 Å². The lowest BCUT2D eigenvalue weighted by Gasteiger charge is -2.40. The molecule has 164 valence electrons. The van der Waals surface area contributed by atoms with Gasteiger partial charge in [0.05, 0.1) is 5.52 Å². The predicted molar refractivity (Wildman–Crippen MR) is 119 cm³/mol. The number of benzene rings is 1. The summed E-state index contributed by atoms with van der Waals surface area (Å²) in [6, 6.07) is 4.86. The first-order valence-corrected chi connectivity index (χ1v) is 10.5. The van der Waals surface area contributed by atoms with Gasteiger partial charge in [0, 0.05) is 61.8 Å². The molecule has 1 fully saturated rings. The van der Waals surface area contributed by atoms with E-state index in [1.807, 2.05) is 0 Å². The number of halogens is 2. The monoisotopic (exact) mass is 417 g/mol. The van der Waals surface area contributed by atoms with Gasteiger partial charge >= 0.3 is 0 Å². The van der Waals surface area contributed by atoms with E-state index in [9.17, 15) is 8.78 Å². The summed E-state index contributed by atoms with van der Waals surface area (Å²) in [6.45, 7) is 16.5. The fraction of sp³-hybridized carbons (Fsp3) is 0.565. The quantitative estimate of drug-likeness (QED) is 0.727. The maximum Gasteiger partial charge on any atom is 0.272 e. The molecule has 3 rings (SSSR count). The van der Waals surface area contributed by atoms with Crippen LogP contribution < -0.4 is 5.32 Å². The van der Waals surface area contributed by atoms with Gasteiger partial charge in [-0.05, 0) is 40.7 Å². The molecule has 1 aliphatic heterocycles. The van der Waals surface area contributed by atoms with Crippen LogP contribution in [0.4, 0.5) is 14.6 Å². The van der Waals surface area contributed by atoms with Crippen LogP contribution in [0.3, 0.4) is 0 Å². The molecule has 0 spiro atoms. The van der Waals surface area contributed by atoms with E-state index < -0.39 is 5.92 Å². The van der Waals surface area contributed by atoms with E-state index in [4.69, 9.17) is 0 Å². The van der Waals surface area contributed by atoms with Gasteiger partial charge in [0.2, 0.25) is 0 Å². The van der Waals surface area contributed by atoms with Crippen molar-refractivity contribution in [2.45, 2.75) is 53.0 Å². The summed E-state index contributed by atoms with van der Waals surface area (Å²) in [5.41, 5.74) is 2.67. The minimum absolute atomic E-state index is 0.0750. The van der Waals surface area contributed by atoms with Gasteiger partial charge in [-0.2, -0.15) is 0 Å². The van der Waals surface area contributed by atoms with Crippen molar-refractivity contribution in [2.24, 2.45) is 0 Å². The number of piperazine rings is 1. The van der Waals surface area contributed by atoms with Crippen molar-refractivity contribution in [3.05, 3.63) is 41.4 Å². The second kappa shape index (κ2) is 8.46. The molecule has 7 heteroatoms. The molecule has 0 atom stereocenters. The van der Waals surface area contributed by atoms with Crippen LogP contribution in [0.1, 0.15) is 47.1 Å². The fourth-order valence-electron chi connectivity index (χ4n) is 4.02. The van der Waals surface area contributed by atoms with Gasteiger partial charge in [0.15, 0.2) is 0 Å². The highest BCUT2D eigenvalue weighted by molar-refractivity contribution is 5.91. The van der Waals surface area contributed by atoms with E-state index in [-0.39, 0.29) is 11.1 Å². The molecule has 1 aliphatic rings. The maximum atomic E-state index is 14.0. The third-order valence-corrected chi connectivity index (χ3v) is 5.78. The maximum absolute atomic E-state index is 14.0. The molecule has 0 unspecified atom stereocenters. The Morgan fingerprint density at radius 1 is 1.03 bits per heavy atom. The molecule has 0 amide bonds. The Balaban J connectivity index is 1.73. The van der Waals surface area contributed by atoms with Gasteiger partial charge < -0.3 is 10.2 Å². The summed E-state index contributed by atoms with van der Waals surface area (Å²) in [5.74, 6) is -2.36. The number of para-hydroxylation sites is 1. The number of fused-ring (bicyclic) bond motifs is 1. The molecule has 2 aromatic rings. The summed E-state index contributed by atoms with van der Waals surface area (Å²) in [5, 5.41) is 4.10.